The summed E-state index contributed by atoms with van der Waals surface area (Å²) in [6, 6.07) is 22.1. The quantitative estimate of drug-likeness (QED) is 0.388. The SMILES string of the molecule is CC1=C(C(=O)Nc2ccc(Cl)cc2)[C@@H](c2ccc(Cl)cc2)n2c(nc3ccccc32)N1. The molecule has 1 aromatic heterocycles. The van der Waals surface area contributed by atoms with E-state index in [9.17, 15) is 4.79 Å². The second-order valence-electron chi connectivity index (χ2n) is 7.37. The number of para-hydroxylation sites is 2. The molecule has 1 atom stereocenters. The summed E-state index contributed by atoms with van der Waals surface area (Å²) >= 11 is 12.1. The van der Waals surface area contributed by atoms with Gasteiger partial charge in [-0.15, -0.1) is 0 Å². The van der Waals surface area contributed by atoms with Crippen LogP contribution in [0.25, 0.3) is 11.0 Å². The fourth-order valence-electron chi connectivity index (χ4n) is 3.95. The third kappa shape index (κ3) is 3.56. The van der Waals surface area contributed by atoms with Crippen LogP contribution < -0.4 is 10.6 Å². The standard InChI is InChI=1S/C24H18Cl2N4O/c1-14-21(23(31)28-18-12-10-17(26)11-13-18)22(15-6-8-16(25)9-7-15)30-20-5-3-2-4-19(20)29-24(30)27-14/h2-13,22H,1H3,(H,27,29)(H,28,31)/t22-/m1/s1. The monoisotopic (exact) mass is 448 g/mol. The van der Waals surface area contributed by atoms with E-state index >= 15 is 0 Å². The molecule has 2 N–H and O–H groups in total. The Hall–Kier alpha value is -3.28. The van der Waals surface area contributed by atoms with Crippen LogP contribution in [-0.2, 0) is 4.79 Å². The van der Waals surface area contributed by atoms with Crippen LogP contribution >= 0.6 is 23.2 Å². The van der Waals surface area contributed by atoms with Crippen molar-refractivity contribution in [1.82, 2.24) is 9.55 Å². The fourth-order valence-corrected chi connectivity index (χ4v) is 4.20. The molecule has 0 spiro atoms. The molecule has 5 nitrogen and oxygen atoms in total. The first-order chi connectivity index (χ1) is 15.0. The Morgan fingerprint density at radius 1 is 0.968 bits per heavy atom. The smallest absolute Gasteiger partial charge is 0.255 e. The number of hydrogen-bond donors (Lipinski definition) is 2. The number of imidazole rings is 1. The first-order valence-electron chi connectivity index (χ1n) is 9.78. The molecule has 0 bridgehead atoms. The molecule has 1 aliphatic rings. The minimum Gasteiger partial charge on any atom is -0.329 e. The topological polar surface area (TPSA) is 59.0 Å². The van der Waals surface area contributed by atoms with Gasteiger partial charge in [0.2, 0.25) is 5.95 Å². The van der Waals surface area contributed by atoms with E-state index in [-0.39, 0.29) is 11.9 Å². The van der Waals surface area contributed by atoms with Crippen molar-refractivity contribution in [1.29, 1.82) is 0 Å². The number of carbonyl (C=O) groups is 1. The number of benzene rings is 3. The number of hydrogen-bond acceptors (Lipinski definition) is 3. The molecule has 31 heavy (non-hydrogen) atoms. The molecular formula is C24H18Cl2N4O. The van der Waals surface area contributed by atoms with Crippen molar-refractivity contribution in [2.24, 2.45) is 0 Å². The second kappa shape index (κ2) is 7.76. The van der Waals surface area contributed by atoms with E-state index in [0.717, 1.165) is 22.3 Å². The summed E-state index contributed by atoms with van der Waals surface area (Å²) in [5.74, 6) is 0.498. The Morgan fingerprint density at radius 2 is 1.61 bits per heavy atom. The summed E-state index contributed by atoms with van der Waals surface area (Å²) < 4.78 is 2.06. The van der Waals surface area contributed by atoms with E-state index in [4.69, 9.17) is 28.2 Å². The molecule has 0 fully saturated rings. The van der Waals surface area contributed by atoms with Crippen molar-refractivity contribution in [2.45, 2.75) is 13.0 Å². The van der Waals surface area contributed by atoms with Crippen molar-refractivity contribution >= 4 is 51.8 Å². The molecule has 3 aromatic carbocycles. The molecule has 5 rings (SSSR count). The number of allylic oxidation sites excluding steroid dienone is 1. The zero-order valence-corrected chi connectivity index (χ0v) is 18.1. The number of amides is 1. The molecule has 0 aliphatic carbocycles. The van der Waals surface area contributed by atoms with E-state index in [2.05, 4.69) is 15.2 Å². The molecule has 0 unspecified atom stereocenters. The second-order valence-corrected chi connectivity index (χ2v) is 8.25. The van der Waals surface area contributed by atoms with E-state index in [1.165, 1.54) is 0 Å². The lowest BCUT2D eigenvalue weighted by molar-refractivity contribution is -0.113. The van der Waals surface area contributed by atoms with Gasteiger partial charge in [-0.1, -0.05) is 47.5 Å². The Balaban J connectivity index is 1.65. The van der Waals surface area contributed by atoms with Gasteiger partial charge in [0, 0.05) is 21.4 Å². The number of rotatable bonds is 3. The summed E-state index contributed by atoms with van der Waals surface area (Å²) in [6.45, 7) is 1.89. The van der Waals surface area contributed by atoms with Crippen LogP contribution in [0.4, 0.5) is 11.6 Å². The van der Waals surface area contributed by atoms with Gasteiger partial charge in [-0.25, -0.2) is 4.98 Å². The molecule has 1 amide bonds. The minimum absolute atomic E-state index is 0.198. The summed E-state index contributed by atoms with van der Waals surface area (Å²) in [6.07, 6.45) is 0. The van der Waals surface area contributed by atoms with E-state index in [1.54, 1.807) is 24.3 Å². The largest absolute Gasteiger partial charge is 0.329 e. The van der Waals surface area contributed by atoms with Crippen molar-refractivity contribution in [3.63, 3.8) is 0 Å². The number of fused-ring (bicyclic) bond motifs is 3. The summed E-state index contributed by atoms with van der Waals surface area (Å²) in [4.78, 5) is 18.2. The predicted molar refractivity (Wildman–Crippen MR) is 126 cm³/mol. The van der Waals surface area contributed by atoms with Crippen molar-refractivity contribution in [3.05, 3.63) is 99.7 Å². The van der Waals surface area contributed by atoms with Gasteiger partial charge < -0.3 is 10.6 Å². The maximum Gasteiger partial charge on any atom is 0.255 e. The molecule has 1 aliphatic heterocycles. The maximum atomic E-state index is 13.5. The van der Waals surface area contributed by atoms with Gasteiger partial charge in [-0.2, -0.15) is 0 Å². The molecule has 7 heteroatoms. The molecule has 0 saturated carbocycles. The molecule has 4 aromatic rings. The van der Waals surface area contributed by atoms with E-state index < -0.39 is 0 Å². The highest BCUT2D eigenvalue weighted by atomic mass is 35.5. The van der Waals surface area contributed by atoms with Gasteiger partial charge in [0.15, 0.2) is 0 Å². The number of halogens is 2. The Morgan fingerprint density at radius 3 is 2.32 bits per heavy atom. The van der Waals surface area contributed by atoms with Crippen molar-refractivity contribution < 1.29 is 4.79 Å². The average molecular weight is 449 g/mol. The highest BCUT2D eigenvalue weighted by Crippen LogP contribution is 2.39. The fraction of sp³-hybridized carbons (Fsp3) is 0.0833. The van der Waals surface area contributed by atoms with Crippen molar-refractivity contribution in [2.75, 3.05) is 10.6 Å². The Kier molecular flexibility index (Phi) is 4.93. The number of nitrogens with one attached hydrogen (secondary N) is 2. The zero-order valence-electron chi connectivity index (χ0n) is 16.6. The molecule has 0 saturated heterocycles. The third-order valence-corrected chi connectivity index (χ3v) is 5.87. The van der Waals surface area contributed by atoms with Crippen LogP contribution in [-0.4, -0.2) is 15.5 Å². The van der Waals surface area contributed by atoms with Crippen LogP contribution in [0, 0.1) is 0 Å². The normalized spacial score (nSPS) is 15.5. The highest BCUT2D eigenvalue weighted by molar-refractivity contribution is 6.30. The molecular weight excluding hydrogens is 431 g/mol. The first kappa shape index (κ1) is 19.7. The predicted octanol–water partition coefficient (Wildman–Crippen LogP) is 6.27. The average Bonchev–Trinajstić information content (AvgIpc) is 3.13. The first-order valence-corrected chi connectivity index (χ1v) is 10.5. The maximum absolute atomic E-state index is 13.5. The van der Waals surface area contributed by atoms with Crippen molar-refractivity contribution in [3.8, 4) is 0 Å². The van der Waals surface area contributed by atoms with Gasteiger partial charge >= 0.3 is 0 Å². The molecule has 0 radical (unpaired) electrons. The van der Waals surface area contributed by atoms with E-state index in [1.807, 2.05) is 55.5 Å². The number of anilines is 2. The lowest BCUT2D eigenvalue weighted by atomic mass is 9.94. The van der Waals surface area contributed by atoms with Gasteiger partial charge in [0.1, 0.15) is 0 Å². The Labute approximate surface area is 189 Å². The lowest BCUT2D eigenvalue weighted by Crippen LogP contribution is -2.30. The Bertz CT molecular complexity index is 1320. The number of carbonyl (C=O) groups excluding carboxylic acids is 1. The summed E-state index contributed by atoms with van der Waals surface area (Å²) in [7, 11) is 0. The van der Waals surface area contributed by atoms with Crippen LogP contribution in [0.1, 0.15) is 18.5 Å². The third-order valence-electron chi connectivity index (χ3n) is 5.36. The molecule has 154 valence electrons. The minimum atomic E-state index is -0.367. The van der Waals surface area contributed by atoms with Gasteiger partial charge in [0.25, 0.3) is 5.91 Å². The van der Waals surface area contributed by atoms with Gasteiger partial charge in [-0.3, -0.25) is 9.36 Å². The number of aromatic nitrogens is 2. The lowest BCUT2D eigenvalue weighted by Gasteiger charge is -2.30. The van der Waals surface area contributed by atoms with Gasteiger partial charge in [0.05, 0.1) is 22.6 Å². The number of nitrogens with zero attached hydrogens (tertiary/aromatic N) is 2. The van der Waals surface area contributed by atoms with Crippen LogP contribution in [0.5, 0.6) is 0 Å². The van der Waals surface area contributed by atoms with Crippen LogP contribution in [0.3, 0.4) is 0 Å². The zero-order chi connectivity index (χ0) is 21.5. The van der Waals surface area contributed by atoms with Gasteiger partial charge in [-0.05, 0) is 61.0 Å². The molecule has 2 heterocycles. The van der Waals surface area contributed by atoms with E-state index in [0.29, 0.717) is 27.3 Å². The van der Waals surface area contributed by atoms with Crippen LogP contribution in [0.15, 0.2) is 84.1 Å². The highest BCUT2D eigenvalue weighted by Gasteiger charge is 2.34. The summed E-state index contributed by atoms with van der Waals surface area (Å²) in [5, 5.41) is 7.56. The van der Waals surface area contributed by atoms with Crippen LogP contribution in [0.2, 0.25) is 10.0 Å². The summed E-state index contributed by atoms with van der Waals surface area (Å²) in [5.41, 5.74) is 4.76.